The highest BCUT2D eigenvalue weighted by Crippen LogP contribution is 2.32. The molecular formula is C28H35Cl3N2O8S. The molecule has 0 bridgehead atoms. The first-order valence-corrected chi connectivity index (χ1v) is 15.7. The van der Waals surface area contributed by atoms with E-state index in [1.807, 2.05) is 0 Å². The first kappa shape index (κ1) is 35.5. The number of amidine groups is 1. The van der Waals surface area contributed by atoms with Crippen LogP contribution in [0.5, 0.6) is 11.5 Å². The summed E-state index contributed by atoms with van der Waals surface area (Å²) < 4.78 is 50.2. The molecule has 2 N–H and O–H groups in total. The molecular weight excluding hydrogens is 631 g/mol. The van der Waals surface area contributed by atoms with Gasteiger partial charge in [-0.3, -0.25) is 4.79 Å². The van der Waals surface area contributed by atoms with Crippen LogP contribution in [0.3, 0.4) is 0 Å². The van der Waals surface area contributed by atoms with Crippen molar-refractivity contribution in [3.8, 4) is 11.5 Å². The van der Waals surface area contributed by atoms with Gasteiger partial charge < -0.3 is 24.7 Å². The average molecular weight is 666 g/mol. The number of alkyl halides is 3. The molecule has 2 rings (SSSR count). The third-order valence-electron chi connectivity index (χ3n) is 5.98. The fourth-order valence-electron chi connectivity index (χ4n) is 3.83. The van der Waals surface area contributed by atoms with Crippen LogP contribution >= 0.6 is 34.8 Å². The number of ether oxygens (including phenoxy) is 4. The van der Waals surface area contributed by atoms with Gasteiger partial charge in [0.25, 0.3) is 10.0 Å². The second-order valence-electron chi connectivity index (χ2n) is 9.24. The zero-order valence-corrected chi connectivity index (χ0v) is 27.1. The van der Waals surface area contributed by atoms with Crippen molar-refractivity contribution >= 4 is 62.6 Å². The van der Waals surface area contributed by atoms with Crippen LogP contribution in [-0.2, 0) is 29.1 Å². The van der Waals surface area contributed by atoms with Crippen molar-refractivity contribution in [1.29, 1.82) is 0 Å². The van der Waals surface area contributed by atoms with Crippen LogP contribution in [0.1, 0.15) is 55.4 Å². The maximum atomic E-state index is 13.3. The number of hydrogen-bond acceptors (Lipinski definition) is 8. The predicted octanol–water partition coefficient (Wildman–Crippen LogP) is 5.50. The Morgan fingerprint density at radius 1 is 1.02 bits per heavy atom. The summed E-state index contributed by atoms with van der Waals surface area (Å²) in [6.45, 7) is 8.59. The van der Waals surface area contributed by atoms with Crippen LogP contribution < -0.4 is 15.2 Å². The van der Waals surface area contributed by atoms with E-state index in [4.69, 9.17) is 59.5 Å². The second kappa shape index (κ2) is 15.7. The van der Waals surface area contributed by atoms with Crippen molar-refractivity contribution in [2.24, 2.45) is 10.1 Å². The lowest BCUT2D eigenvalue weighted by molar-refractivity contribution is -0.151. The molecule has 10 nitrogen and oxygen atoms in total. The summed E-state index contributed by atoms with van der Waals surface area (Å²) in [7, 11) is -4.19. The number of hydrogen-bond donors (Lipinski definition) is 1. The Kier molecular flexibility index (Phi) is 13.2. The molecule has 0 aliphatic rings. The van der Waals surface area contributed by atoms with Gasteiger partial charge in [-0.05, 0) is 87.6 Å². The Hall–Kier alpha value is -2.73. The molecule has 2 aromatic rings. The first-order chi connectivity index (χ1) is 19.6. The fourth-order valence-corrected chi connectivity index (χ4v) is 5.46. The van der Waals surface area contributed by atoms with Crippen LogP contribution in [0.25, 0.3) is 0 Å². The number of halogens is 3. The molecule has 232 valence electrons. The lowest BCUT2D eigenvalue weighted by Gasteiger charge is -2.17. The topological polar surface area (TPSA) is 144 Å². The number of sulfonamides is 1. The normalized spacial score (nSPS) is 12.9. The highest BCUT2D eigenvalue weighted by Gasteiger charge is 2.24. The maximum Gasteiger partial charge on any atom is 0.347 e. The number of nitrogens with zero attached hydrogens (tertiary/aromatic N) is 1. The van der Waals surface area contributed by atoms with Gasteiger partial charge in [-0.2, -0.15) is 8.42 Å². The zero-order valence-electron chi connectivity index (χ0n) is 24.0. The molecule has 0 spiro atoms. The van der Waals surface area contributed by atoms with Crippen LogP contribution in [0.4, 0.5) is 0 Å². The number of benzene rings is 2. The Labute approximate surface area is 261 Å². The van der Waals surface area contributed by atoms with E-state index in [2.05, 4.69) is 4.40 Å². The molecule has 2 aromatic carbocycles. The summed E-state index contributed by atoms with van der Waals surface area (Å²) in [6, 6.07) is 7.84. The Morgan fingerprint density at radius 3 is 2.24 bits per heavy atom. The van der Waals surface area contributed by atoms with Gasteiger partial charge in [0.15, 0.2) is 6.10 Å². The van der Waals surface area contributed by atoms with Crippen molar-refractivity contribution in [2.75, 3.05) is 19.8 Å². The summed E-state index contributed by atoms with van der Waals surface area (Å²) in [5.74, 6) is -0.342. The number of aryl methyl sites for hydroxylation is 1. The summed E-state index contributed by atoms with van der Waals surface area (Å²) >= 11 is 16.7. The molecule has 0 radical (unpaired) electrons. The largest absolute Gasteiger partial charge is 0.493 e. The minimum atomic E-state index is -4.19. The van der Waals surface area contributed by atoms with E-state index in [-0.39, 0.29) is 37.0 Å². The maximum absolute atomic E-state index is 13.3. The number of rotatable bonds is 14. The molecule has 0 aliphatic carbocycles. The van der Waals surface area contributed by atoms with Gasteiger partial charge in [-0.15, -0.1) is 4.40 Å². The summed E-state index contributed by atoms with van der Waals surface area (Å²) in [4.78, 5) is 23.8. The van der Waals surface area contributed by atoms with Crippen molar-refractivity contribution in [2.45, 2.75) is 68.7 Å². The van der Waals surface area contributed by atoms with Gasteiger partial charge in [0.2, 0.25) is 3.79 Å². The zero-order chi connectivity index (χ0) is 31.7. The summed E-state index contributed by atoms with van der Waals surface area (Å²) in [5, 5.41) is 0. The van der Waals surface area contributed by atoms with Crippen molar-refractivity contribution in [3.63, 3.8) is 0 Å². The highest BCUT2D eigenvalue weighted by atomic mass is 35.6. The monoisotopic (exact) mass is 664 g/mol. The van der Waals surface area contributed by atoms with E-state index >= 15 is 0 Å². The molecule has 14 heteroatoms. The summed E-state index contributed by atoms with van der Waals surface area (Å²) in [6.07, 6.45) is 0.0383. The smallest absolute Gasteiger partial charge is 0.347 e. The molecule has 0 aliphatic heterocycles. The van der Waals surface area contributed by atoms with Crippen molar-refractivity contribution in [3.05, 3.63) is 52.6 Å². The molecule has 0 heterocycles. The molecule has 0 fully saturated rings. The summed E-state index contributed by atoms with van der Waals surface area (Å²) in [5.41, 5.74) is 7.90. The first-order valence-electron chi connectivity index (χ1n) is 13.1. The minimum absolute atomic E-state index is 0.0192. The molecule has 0 saturated carbocycles. The van der Waals surface area contributed by atoms with Crippen LogP contribution in [0.2, 0.25) is 0 Å². The minimum Gasteiger partial charge on any atom is -0.493 e. The third-order valence-corrected chi connectivity index (χ3v) is 7.89. The predicted molar refractivity (Wildman–Crippen MR) is 162 cm³/mol. The Bertz CT molecular complexity index is 1390. The van der Waals surface area contributed by atoms with Crippen LogP contribution in [0.15, 0.2) is 39.6 Å². The van der Waals surface area contributed by atoms with Gasteiger partial charge in [0.1, 0.15) is 23.9 Å². The van der Waals surface area contributed by atoms with Crippen LogP contribution in [0, 0.1) is 20.8 Å². The number of esters is 2. The van der Waals surface area contributed by atoms with Gasteiger partial charge in [-0.1, -0.05) is 41.7 Å². The lowest BCUT2D eigenvalue weighted by Crippen LogP contribution is -2.28. The fraction of sp³-hybridized carbons (Fsp3) is 0.464. The van der Waals surface area contributed by atoms with E-state index in [0.29, 0.717) is 46.6 Å². The number of carbonyl (C=O) groups is 2. The standard InChI is InChI=1S/C28H35Cl3N2O8S/c1-6-22(27(35)38-7-2)41-21-12-10-20(11-13-21)26(32)33-42(36,37)25-17(3)15-23(18(4)19(25)5)39-14-8-9-24(34)40-16-28(29,30)31/h10-13,15,22H,6-9,14,16H2,1-5H3,(H2,32,33). The number of nitrogens with two attached hydrogens (primary N) is 1. The molecule has 0 aromatic heterocycles. The highest BCUT2D eigenvalue weighted by molar-refractivity contribution is 7.90. The van der Waals surface area contributed by atoms with E-state index in [9.17, 15) is 18.0 Å². The van der Waals surface area contributed by atoms with E-state index in [1.165, 1.54) is 0 Å². The van der Waals surface area contributed by atoms with Crippen LogP contribution in [-0.4, -0.2) is 55.9 Å². The van der Waals surface area contributed by atoms with Gasteiger partial charge in [0, 0.05) is 12.0 Å². The van der Waals surface area contributed by atoms with Crippen molar-refractivity contribution in [1.82, 2.24) is 0 Å². The molecule has 0 amide bonds. The van der Waals surface area contributed by atoms with Gasteiger partial charge >= 0.3 is 11.9 Å². The van der Waals surface area contributed by atoms with Crippen molar-refractivity contribution < 1.29 is 37.0 Å². The van der Waals surface area contributed by atoms with E-state index in [1.54, 1.807) is 65.0 Å². The van der Waals surface area contributed by atoms with Gasteiger partial charge in [0.05, 0.1) is 18.1 Å². The Balaban J connectivity index is 2.13. The molecule has 1 unspecified atom stereocenters. The van der Waals surface area contributed by atoms with E-state index < -0.39 is 31.9 Å². The second-order valence-corrected chi connectivity index (χ2v) is 13.3. The molecule has 42 heavy (non-hydrogen) atoms. The quantitative estimate of drug-likeness (QED) is 0.0910. The van der Waals surface area contributed by atoms with E-state index in [0.717, 1.165) is 0 Å². The molecule has 0 saturated heterocycles. The van der Waals surface area contributed by atoms with Gasteiger partial charge in [-0.25, -0.2) is 4.79 Å². The third kappa shape index (κ3) is 10.5. The number of carbonyl (C=O) groups excluding carboxylic acids is 2. The molecule has 1 atom stereocenters. The average Bonchev–Trinajstić information content (AvgIpc) is 2.90. The lowest BCUT2D eigenvalue weighted by atomic mass is 10.1. The Morgan fingerprint density at radius 2 is 1.67 bits per heavy atom. The SMILES string of the molecule is CCOC(=O)C(CC)Oc1ccc(C(N)=NS(=O)(=O)c2c(C)cc(OCCCC(=O)OCC(Cl)(Cl)Cl)c(C)c2C)cc1.